The van der Waals surface area contributed by atoms with E-state index < -0.39 is 0 Å². The van der Waals surface area contributed by atoms with Crippen molar-refractivity contribution in [3.8, 4) is 0 Å². The van der Waals surface area contributed by atoms with E-state index in [9.17, 15) is 4.79 Å². The van der Waals surface area contributed by atoms with Crippen LogP contribution in [0, 0.1) is 0 Å². The number of Topliss-reactive ketones (excluding diaryl/α,β-unsaturated/α-hetero) is 1. The Morgan fingerprint density at radius 3 is 2.56 bits per heavy atom. The summed E-state index contributed by atoms with van der Waals surface area (Å²) in [5.41, 5.74) is 8.34. The second-order valence-corrected chi connectivity index (χ2v) is 3.92. The predicted molar refractivity (Wildman–Crippen MR) is 66.3 cm³/mol. The molecule has 4 N–H and O–H groups in total. The summed E-state index contributed by atoms with van der Waals surface area (Å²) in [6.45, 7) is 3.53. The van der Waals surface area contributed by atoms with Gasteiger partial charge in [-0.25, -0.2) is 5.84 Å². The first-order valence-corrected chi connectivity index (χ1v) is 5.36. The van der Waals surface area contributed by atoms with E-state index in [1.807, 2.05) is 19.1 Å². The van der Waals surface area contributed by atoms with Crippen LogP contribution in [0.15, 0.2) is 18.2 Å². The van der Waals surface area contributed by atoms with E-state index >= 15 is 0 Å². The Labute approximate surface area is 96.2 Å². The molecule has 1 aromatic rings. The smallest absolute Gasteiger partial charge is 0.160 e. The highest BCUT2D eigenvalue weighted by Gasteiger charge is 2.18. The van der Waals surface area contributed by atoms with Crippen LogP contribution in [-0.2, 0) is 0 Å². The molecule has 1 atom stereocenters. The second kappa shape index (κ2) is 5.09. The van der Waals surface area contributed by atoms with Crippen molar-refractivity contribution in [3.05, 3.63) is 29.3 Å². The van der Waals surface area contributed by atoms with Gasteiger partial charge in [-0.1, -0.05) is 19.1 Å². The SMILES string of the molecule is CCC(N)c1c(C(C)=O)cccc1N(C)N. The van der Waals surface area contributed by atoms with Crippen molar-refractivity contribution in [1.82, 2.24) is 0 Å². The van der Waals surface area contributed by atoms with Crippen molar-refractivity contribution in [2.45, 2.75) is 26.3 Å². The number of hydrogen-bond acceptors (Lipinski definition) is 4. The van der Waals surface area contributed by atoms with Crippen LogP contribution in [0.3, 0.4) is 0 Å². The number of nitrogens with two attached hydrogens (primary N) is 2. The number of anilines is 1. The highest BCUT2D eigenvalue weighted by atomic mass is 16.1. The van der Waals surface area contributed by atoms with Crippen molar-refractivity contribution in [3.63, 3.8) is 0 Å². The lowest BCUT2D eigenvalue weighted by Gasteiger charge is -2.22. The van der Waals surface area contributed by atoms with Gasteiger partial charge in [0.2, 0.25) is 0 Å². The summed E-state index contributed by atoms with van der Waals surface area (Å²) in [7, 11) is 1.74. The molecule has 1 aromatic carbocycles. The fraction of sp³-hybridized carbons (Fsp3) is 0.417. The molecule has 1 unspecified atom stereocenters. The Morgan fingerprint density at radius 1 is 1.50 bits per heavy atom. The van der Waals surface area contributed by atoms with E-state index in [2.05, 4.69) is 0 Å². The highest BCUT2D eigenvalue weighted by molar-refractivity contribution is 5.97. The van der Waals surface area contributed by atoms with Gasteiger partial charge in [-0.2, -0.15) is 0 Å². The molecule has 4 heteroatoms. The van der Waals surface area contributed by atoms with Crippen molar-refractivity contribution < 1.29 is 4.79 Å². The third-order valence-electron chi connectivity index (χ3n) is 2.65. The van der Waals surface area contributed by atoms with Gasteiger partial charge >= 0.3 is 0 Å². The molecule has 0 radical (unpaired) electrons. The standard InChI is InChI=1S/C12H19N3O/c1-4-10(13)12-9(8(2)16)6-5-7-11(12)15(3)14/h5-7,10H,4,13-14H2,1-3H3. The molecule has 4 nitrogen and oxygen atoms in total. The Kier molecular flexibility index (Phi) is 4.04. The maximum absolute atomic E-state index is 11.5. The maximum Gasteiger partial charge on any atom is 0.160 e. The fourth-order valence-corrected chi connectivity index (χ4v) is 1.76. The third kappa shape index (κ3) is 2.40. The molecule has 0 saturated heterocycles. The van der Waals surface area contributed by atoms with Crippen LogP contribution < -0.4 is 16.6 Å². The molecule has 0 aliphatic carbocycles. The normalized spacial score (nSPS) is 12.3. The van der Waals surface area contributed by atoms with Crippen LogP contribution in [0.1, 0.15) is 42.2 Å². The summed E-state index contributed by atoms with van der Waals surface area (Å²) in [6.07, 6.45) is 0.769. The van der Waals surface area contributed by atoms with Gasteiger partial charge in [-0.3, -0.25) is 4.79 Å². The van der Waals surface area contributed by atoms with E-state index in [-0.39, 0.29) is 11.8 Å². The molecule has 0 aromatic heterocycles. The number of benzene rings is 1. The minimum atomic E-state index is -0.166. The minimum Gasteiger partial charge on any atom is -0.324 e. The molecule has 0 spiro atoms. The van der Waals surface area contributed by atoms with Crippen LogP contribution in [-0.4, -0.2) is 12.8 Å². The Hall–Kier alpha value is -1.39. The van der Waals surface area contributed by atoms with Gasteiger partial charge < -0.3 is 10.7 Å². The first-order valence-electron chi connectivity index (χ1n) is 5.36. The van der Waals surface area contributed by atoms with Gasteiger partial charge in [-0.15, -0.1) is 0 Å². The Bertz CT molecular complexity index is 388. The lowest BCUT2D eigenvalue weighted by Crippen LogP contribution is -2.28. The molecule has 88 valence electrons. The topological polar surface area (TPSA) is 72.4 Å². The van der Waals surface area contributed by atoms with Crippen LogP contribution in [0.5, 0.6) is 0 Å². The largest absolute Gasteiger partial charge is 0.324 e. The zero-order chi connectivity index (χ0) is 12.3. The monoisotopic (exact) mass is 221 g/mol. The molecule has 0 bridgehead atoms. The lowest BCUT2D eigenvalue weighted by atomic mass is 9.95. The summed E-state index contributed by atoms with van der Waals surface area (Å²) in [4.78, 5) is 11.5. The van der Waals surface area contributed by atoms with E-state index in [1.165, 1.54) is 5.01 Å². The first-order chi connectivity index (χ1) is 7.49. The van der Waals surface area contributed by atoms with E-state index in [0.29, 0.717) is 5.56 Å². The average Bonchev–Trinajstić information content (AvgIpc) is 2.26. The molecule has 0 amide bonds. The van der Waals surface area contributed by atoms with Crippen molar-refractivity contribution >= 4 is 11.5 Å². The Balaban J connectivity index is 3.40. The van der Waals surface area contributed by atoms with Gasteiger partial charge in [-0.05, 0) is 19.4 Å². The summed E-state index contributed by atoms with van der Waals surface area (Å²) >= 11 is 0. The maximum atomic E-state index is 11.5. The van der Waals surface area contributed by atoms with Gasteiger partial charge in [0.1, 0.15) is 0 Å². The van der Waals surface area contributed by atoms with Crippen LogP contribution in [0.4, 0.5) is 5.69 Å². The molecular formula is C12H19N3O. The first kappa shape index (κ1) is 12.7. The lowest BCUT2D eigenvalue weighted by molar-refractivity contribution is 0.101. The number of carbonyl (C=O) groups is 1. The number of hydrazine groups is 1. The molecule has 0 aliphatic rings. The average molecular weight is 221 g/mol. The number of ketones is 1. The van der Waals surface area contributed by atoms with Crippen molar-refractivity contribution in [2.24, 2.45) is 11.6 Å². The van der Waals surface area contributed by atoms with Crippen molar-refractivity contribution in [2.75, 3.05) is 12.1 Å². The molecule has 1 rings (SSSR count). The molecule has 16 heavy (non-hydrogen) atoms. The molecular weight excluding hydrogens is 202 g/mol. The van der Waals surface area contributed by atoms with E-state index in [4.69, 9.17) is 11.6 Å². The molecule has 0 fully saturated rings. The third-order valence-corrected chi connectivity index (χ3v) is 2.65. The van der Waals surface area contributed by atoms with Gasteiger partial charge in [0.25, 0.3) is 0 Å². The van der Waals surface area contributed by atoms with Gasteiger partial charge in [0, 0.05) is 24.2 Å². The predicted octanol–water partition coefficient (Wildman–Crippen LogP) is 1.61. The zero-order valence-electron chi connectivity index (χ0n) is 10.0. The number of nitrogens with zero attached hydrogens (tertiary/aromatic N) is 1. The van der Waals surface area contributed by atoms with Crippen LogP contribution in [0.2, 0.25) is 0 Å². The van der Waals surface area contributed by atoms with Gasteiger partial charge in [0.15, 0.2) is 5.78 Å². The minimum absolute atomic E-state index is 0.0163. The second-order valence-electron chi connectivity index (χ2n) is 3.92. The van der Waals surface area contributed by atoms with Crippen molar-refractivity contribution in [1.29, 1.82) is 0 Å². The Morgan fingerprint density at radius 2 is 2.12 bits per heavy atom. The van der Waals surface area contributed by atoms with Crippen LogP contribution in [0.25, 0.3) is 0 Å². The van der Waals surface area contributed by atoms with E-state index in [0.717, 1.165) is 17.7 Å². The molecule has 0 aliphatic heterocycles. The summed E-state index contributed by atoms with van der Waals surface area (Å²) in [6, 6.07) is 5.32. The number of carbonyl (C=O) groups excluding carboxylic acids is 1. The molecule has 0 heterocycles. The molecule has 0 saturated carbocycles. The summed E-state index contributed by atoms with van der Waals surface area (Å²) in [5, 5.41) is 1.50. The van der Waals surface area contributed by atoms with E-state index in [1.54, 1.807) is 20.0 Å². The zero-order valence-corrected chi connectivity index (χ0v) is 10.0. The summed E-state index contributed by atoms with van der Waals surface area (Å²) < 4.78 is 0. The van der Waals surface area contributed by atoms with Crippen LogP contribution >= 0.6 is 0 Å². The summed E-state index contributed by atoms with van der Waals surface area (Å²) in [5.74, 6) is 5.76. The number of rotatable bonds is 4. The fourth-order valence-electron chi connectivity index (χ4n) is 1.76. The van der Waals surface area contributed by atoms with Gasteiger partial charge in [0.05, 0.1) is 5.69 Å². The quantitative estimate of drug-likeness (QED) is 0.460. The highest BCUT2D eigenvalue weighted by Crippen LogP contribution is 2.28. The number of hydrogen-bond donors (Lipinski definition) is 2.